The van der Waals surface area contributed by atoms with Crippen LogP contribution in [0.4, 0.5) is 0 Å². The Morgan fingerprint density at radius 3 is 2.36 bits per heavy atom. The molecular formula is C20H34O5. The highest BCUT2D eigenvalue weighted by molar-refractivity contribution is 6.06. The second kappa shape index (κ2) is 9.90. The number of carbonyl (C=O) groups excluding carboxylic acids is 1. The zero-order chi connectivity index (χ0) is 18.5. The van der Waals surface area contributed by atoms with Crippen LogP contribution in [0.1, 0.15) is 66.7 Å². The van der Waals surface area contributed by atoms with Crippen LogP contribution in [-0.2, 0) is 4.79 Å². The Hall–Kier alpha value is -1.43. The van der Waals surface area contributed by atoms with Gasteiger partial charge in [-0.3, -0.25) is 4.79 Å². The Bertz CT molecular complexity index is 552. The molecular weight excluding hydrogens is 320 g/mol. The number of aliphatic hydroxyl groups is 3. The van der Waals surface area contributed by atoms with Gasteiger partial charge in [0, 0.05) is 5.57 Å². The number of hydrogen-bond donors (Lipinski definition) is 3. The van der Waals surface area contributed by atoms with E-state index in [2.05, 4.69) is 0 Å². The van der Waals surface area contributed by atoms with Gasteiger partial charge in [-0.15, -0.1) is 0 Å². The van der Waals surface area contributed by atoms with Crippen molar-refractivity contribution < 1.29 is 25.6 Å². The van der Waals surface area contributed by atoms with Gasteiger partial charge in [0.25, 0.3) is 0 Å². The molecule has 1 aliphatic rings. The minimum absolute atomic E-state index is 0. The summed E-state index contributed by atoms with van der Waals surface area (Å²) in [5, 5.41) is 31.8. The van der Waals surface area contributed by atoms with Crippen LogP contribution in [0.5, 0.6) is 0 Å². The van der Waals surface area contributed by atoms with Crippen LogP contribution in [0.15, 0.2) is 34.6 Å². The lowest BCUT2D eigenvalue weighted by Gasteiger charge is -2.33. The first-order chi connectivity index (χ1) is 11.1. The molecule has 0 saturated heterocycles. The van der Waals surface area contributed by atoms with Crippen LogP contribution < -0.4 is 0 Å². The molecule has 0 fully saturated rings. The number of aliphatic hydroxyl groups excluding tert-OH is 2. The van der Waals surface area contributed by atoms with Gasteiger partial charge in [-0.05, 0) is 57.1 Å². The lowest BCUT2D eigenvalue weighted by atomic mass is 9.76. The van der Waals surface area contributed by atoms with Gasteiger partial charge in [0.05, 0.1) is 6.10 Å². The molecule has 5 heteroatoms. The Morgan fingerprint density at radius 1 is 1.28 bits per heavy atom. The predicted molar refractivity (Wildman–Crippen MR) is 100 cm³/mol. The van der Waals surface area contributed by atoms with Crippen molar-refractivity contribution in [2.75, 3.05) is 0 Å². The summed E-state index contributed by atoms with van der Waals surface area (Å²) in [4.78, 5) is 12.8. The standard InChI is InChI=1S/C20H32O4.H2O/c1-6-7-17(21)16-12-15(9-8-13(2)3)18(22)20(24,19(16)23)11-10-14(4)5;/h8,12,14,17,21-22,24H,6-7,9-11H2,1-5H3;1H2/t17?,20-;/m1./s1. The van der Waals surface area contributed by atoms with Crippen LogP contribution in [0.2, 0.25) is 0 Å². The van der Waals surface area contributed by atoms with Crippen LogP contribution in [0.25, 0.3) is 0 Å². The van der Waals surface area contributed by atoms with Crippen LogP contribution >= 0.6 is 0 Å². The van der Waals surface area contributed by atoms with Crippen molar-refractivity contribution in [3.05, 3.63) is 34.6 Å². The summed E-state index contributed by atoms with van der Waals surface area (Å²) in [6, 6.07) is 0. The van der Waals surface area contributed by atoms with Crippen molar-refractivity contribution in [1.82, 2.24) is 0 Å². The minimum Gasteiger partial charge on any atom is -0.508 e. The summed E-state index contributed by atoms with van der Waals surface area (Å²) in [6.45, 7) is 9.84. The number of carbonyl (C=O) groups is 1. The van der Waals surface area contributed by atoms with Gasteiger partial charge in [0.15, 0.2) is 5.60 Å². The summed E-state index contributed by atoms with van der Waals surface area (Å²) in [5.74, 6) is -0.536. The van der Waals surface area contributed by atoms with Crippen molar-refractivity contribution >= 4 is 5.78 Å². The van der Waals surface area contributed by atoms with E-state index in [9.17, 15) is 20.1 Å². The number of hydrogen-bond acceptors (Lipinski definition) is 4. The predicted octanol–water partition coefficient (Wildman–Crippen LogP) is 3.17. The Kier molecular flexibility index (Phi) is 9.33. The Labute approximate surface area is 151 Å². The van der Waals surface area contributed by atoms with E-state index in [0.29, 0.717) is 30.8 Å². The molecule has 2 atom stereocenters. The summed E-state index contributed by atoms with van der Waals surface area (Å²) in [7, 11) is 0. The fraction of sp³-hybridized carbons (Fsp3) is 0.650. The monoisotopic (exact) mass is 354 g/mol. The van der Waals surface area contributed by atoms with E-state index in [-0.39, 0.29) is 23.2 Å². The fourth-order valence-electron chi connectivity index (χ4n) is 2.81. The largest absolute Gasteiger partial charge is 0.508 e. The van der Waals surface area contributed by atoms with Gasteiger partial charge in [0.1, 0.15) is 5.76 Å². The minimum atomic E-state index is -1.92. The average Bonchev–Trinajstić information content (AvgIpc) is 2.50. The molecule has 144 valence electrons. The molecule has 0 bridgehead atoms. The third-order valence-electron chi connectivity index (χ3n) is 4.40. The molecule has 1 aliphatic carbocycles. The topological polar surface area (TPSA) is 109 Å². The maximum atomic E-state index is 12.8. The van der Waals surface area contributed by atoms with Gasteiger partial charge in [-0.2, -0.15) is 0 Å². The number of rotatable bonds is 8. The van der Waals surface area contributed by atoms with Gasteiger partial charge in [-0.1, -0.05) is 38.8 Å². The highest BCUT2D eigenvalue weighted by Gasteiger charge is 2.46. The van der Waals surface area contributed by atoms with E-state index in [1.807, 2.05) is 40.7 Å². The van der Waals surface area contributed by atoms with E-state index >= 15 is 0 Å². The van der Waals surface area contributed by atoms with Crippen molar-refractivity contribution in [3.63, 3.8) is 0 Å². The van der Waals surface area contributed by atoms with E-state index in [1.54, 1.807) is 6.08 Å². The SMILES string of the molecule is CCCC(O)C1=CC(CC=C(C)C)=C(O)[C@](O)(CCC(C)C)C1=O.O. The van der Waals surface area contributed by atoms with Crippen LogP contribution in [0.3, 0.4) is 0 Å². The highest BCUT2D eigenvalue weighted by Crippen LogP contribution is 2.36. The maximum absolute atomic E-state index is 12.8. The molecule has 0 saturated carbocycles. The fourth-order valence-corrected chi connectivity index (χ4v) is 2.81. The van der Waals surface area contributed by atoms with Gasteiger partial charge < -0.3 is 20.8 Å². The first kappa shape index (κ1) is 23.6. The molecule has 0 amide bonds. The van der Waals surface area contributed by atoms with E-state index in [4.69, 9.17) is 0 Å². The Balaban J connectivity index is 0.00000576. The number of ketones is 1. The van der Waals surface area contributed by atoms with Gasteiger partial charge >= 0.3 is 0 Å². The average molecular weight is 354 g/mol. The molecule has 5 nitrogen and oxygen atoms in total. The van der Waals surface area contributed by atoms with Gasteiger partial charge in [0.2, 0.25) is 5.78 Å². The lowest BCUT2D eigenvalue weighted by molar-refractivity contribution is -0.135. The molecule has 0 heterocycles. The molecule has 0 spiro atoms. The molecule has 1 rings (SSSR count). The summed E-state index contributed by atoms with van der Waals surface area (Å²) >= 11 is 0. The number of allylic oxidation sites excluding steroid dienone is 4. The normalized spacial score (nSPS) is 21.8. The summed E-state index contributed by atoms with van der Waals surface area (Å²) < 4.78 is 0. The molecule has 5 N–H and O–H groups in total. The molecule has 0 aromatic heterocycles. The Morgan fingerprint density at radius 2 is 1.88 bits per heavy atom. The maximum Gasteiger partial charge on any atom is 0.200 e. The molecule has 0 radical (unpaired) electrons. The first-order valence-corrected chi connectivity index (χ1v) is 8.86. The van der Waals surface area contributed by atoms with Crippen molar-refractivity contribution in [3.8, 4) is 0 Å². The van der Waals surface area contributed by atoms with Crippen molar-refractivity contribution in [2.24, 2.45) is 5.92 Å². The molecule has 0 aromatic rings. The molecule has 0 aromatic carbocycles. The van der Waals surface area contributed by atoms with Gasteiger partial charge in [-0.25, -0.2) is 0 Å². The third-order valence-corrected chi connectivity index (χ3v) is 4.40. The first-order valence-electron chi connectivity index (χ1n) is 8.86. The van der Waals surface area contributed by atoms with Crippen molar-refractivity contribution in [2.45, 2.75) is 78.4 Å². The van der Waals surface area contributed by atoms with Crippen molar-refractivity contribution in [1.29, 1.82) is 0 Å². The highest BCUT2D eigenvalue weighted by atomic mass is 16.3. The second-order valence-corrected chi connectivity index (χ2v) is 7.39. The lowest BCUT2D eigenvalue weighted by Crippen LogP contribution is -2.46. The van der Waals surface area contributed by atoms with Crippen LogP contribution in [0, 0.1) is 5.92 Å². The quantitative estimate of drug-likeness (QED) is 0.582. The third kappa shape index (κ3) is 5.80. The summed E-state index contributed by atoms with van der Waals surface area (Å²) in [5.41, 5.74) is -0.124. The number of Topliss-reactive ketones (excluding diaryl/α,β-unsaturated/α-hetero) is 1. The van der Waals surface area contributed by atoms with Crippen LogP contribution in [-0.4, -0.2) is 38.3 Å². The smallest absolute Gasteiger partial charge is 0.200 e. The zero-order valence-electron chi connectivity index (χ0n) is 16.1. The second-order valence-electron chi connectivity index (χ2n) is 7.39. The van der Waals surface area contributed by atoms with E-state index in [1.165, 1.54) is 0 Å². The zero-order valence-corrected chi connectivity index (χ0v) is 16.1. The molecule has 0 aliphatic heterocycles. The molecule has 1 unspecified atom stereocenters. The summed E-state index contributed by atoms with van der Waals surface area (Å²) in [6.07, 6.45) is 4.95. The van der Waals surface area contributed by atoms with E-state index < -0.39 is 17.5 Å². The molecule has 25 heavy (non-hydrogen) atoms. The van der Waals surface area contributed by atoms with E-state index in [0.717, 1.165) is 12.0 Å².